The van der Waals surface area contributed by atoms with Gasteiger partial charge in [-0.3, -0.25) is 0 Å². The number of nitrogens with zero attached hydrogens (tertiary/aromatic N) is 1. The van der Waals surface area contributed by atoms with Crippen molar-refractivity contribution in [2.45, 2.75) is 65.5 Å². The maximum absolute atomic E-state index is 11.7. The molecule has 0 spiro atoms. The first kappa shape index (κ1) is 16.3. The summed E-state index contributed by atoms with van der Waals surface area (Å²) in [5, 5.41) is 3.49. The molecule has 0 aromatic heterocycles. The molecule has 0 aromatic carbocycles. The van der Waals surface area contributed by atoms with Gasteiger partial charge in [-0.05, 0) is 39.7 Å². The molecule has 112 valence electrons. The molecule has 4 heteroatoms. The molecule has 1 N–H and O–H groups in total. The van der Waals surface area contributed by atoms with Gasteiger partial charge in [-0.2, -0.15) is 0 Å². The van der Waals surface area contributed by atoms with Crippen molar-refractivity contribution in [3.63, 3.8) is 0 Å². The first-order chi connectivity index (χ1) is 8.78. The van der Waals surface area contributed by atoms with Crippen molar-refractivity contribution in [1.82, 2.24) is 10.2 Å². The molecule has 4 nitrogen and oxygen atoms in total. The van der Waals surface area contributed by atoms with Crippen LogP contribution in [0.25, 0.3) is 0 Å². The largest absolute Gasteiger partial charge is 0.444 e. The van der Waals surface area contributed by atoms with E-state index in [1.54, 1.807) is 4.90 Å². The maximum atomic E-state index is 11.7. The Morgan fingerprint density at radius 2 is 1.95 bits per heavy atom. The van der Waals surface area contributed by atoms with Crippen LogP contribution in [0.4, 0.5) is 4.79 Å². The number of carbonyl (C=O) groups is 1. The van der Waals surface area contributed by atoms with Crippen molar-refractivity contribution >= 4 is 6.09 Å². The van der Waals surface area contributed by atoms with Gasteiger partial charge in [-0.15, -0.1) is 0 Å². The van der Waals surface area contributed by atoms with E-state index in [0.717, 1.165) is 25.6 Å². The lowest BCUT2D eigenvalue weighted by molar-refractivity contribution is 0.00535. The highest BCUT2D eigenvalue weighted by Gasteiger charge is 2.32. The third-order valence-electron chi connectivity index (χ3n) is 3.17. The monoisotopic (exact) mass is 270 g/mol. The van der Waals surface area contributed by atoms with Gasteiger partial charge in [0.1, 0.15) is 5.60 Å². The Kier molecular flexibility index (Phi) is 6.11. The summed E-state index contributed by atoms with van der Waals surface area (Å²) in [5.41, 5.74) is -0.396. The van der Waals surface area contributed by atoms with Crippen LogP contribution in [-0.2, 0) is 4.74 Å². The Labute approximate surface area is 117 Å². The maximum Gasteiger partial charge on any atom is 0.410 e. The van der Waals surface area contributed by atoms with Gasteiger partial charge in [0.25, 0.3) is 0 Å². The van der Waals surface area contributed by atoms with E-state index in [1.165, 1.54) is 19.3 Å². The van der Waals surface area contributed by atoms with Crippen LogP contribution in [0.2, 0.25) is 0 Å². The number of unbranched alkanes of at least 4 members (excludes halogenated alkanes) is 1. The van der Waals surface area contributed by atoms with Gasteiger partial charge in [0.15, 0.2) is 0 Å². The summed E-state index contributed by atoms with van der Waals surface area (Å²) in [5.74, 6) is 0.798. The van der Waals surface area contributed by atoms with Gasteiger partial charge in [-0.25, -0.2) is 4.79 Å². The molecule has 1 rings (SSSR count). The van der Waals surface area contributed by atoms with Gasteiger partial charge in [0.2, 0.25) is 0 Å². The highest BCUT2D eigenvalue weighted by molar-refractivity contribution is 5.69. The van der Waals surface area contributed by atoms with Crippen LogP contribution in [0.5, 0.6) is 0 Å². The summed E-state index contributed by atoms with van der Waals surface area (Å²) in [6.07, 6.45) is 3.62. The highest BCUT2D eigenvalue weighted by atomic mass is 16.6. The molecule has 0 aliphatic carbocycles. The molecule has 0 bridgehead atoms. The van der Waals surface area contributed by atoms with Gasteiger partial charge in [0, 0.05) is 19.1 Å². The van der Waals surface area contributed by atoms with Crippen molar-refractivity contribution in [2.24, 2.45) is 5.92 Å². The minimum Gasteiger partial charge on any atom is -0.444 e. The zero-order chi connectivity index (χ0) is 14.5. The van der Waals surface area contributed by atoms with Gasteiger partial charge in [-0.1, -0.05) is 26.7 Å². The predicted molar refractivity (Wildman–Crippen MR) is 78.3 cm³/mol. The molecule has 1 amide bonds. The van der Waals surface area contributed by atoms with Crippen LogP contribution >= 0.6 is 0 Å². The lowest BCUT2D eigenvalue weighted by atomic mass is 10.1. The fourth-order valence-corrected chi connectivity index (χ4v) is 2.07. The third-order valence-corrected chi connectivity index (χ3v) is 3.17. The number of hydrogen-bond donors (Lipinski definition) is 1. The lowest BCUT2D eigenvalue weighted by Gasteiger charge is -2.40. The van der Waals surface area contributed by atoms with E-state index < -0.39 is 5.60 Å². The van der Waals surface area contributed by atoms with Crippen LogP contribution in [0.1, 0.15) is 53.9 Å². The SMILES string of the molecule is CC(C)CCCCNC1CN(C(=O)OC(C)(C)C)C1. The molecule has 19 heavy (non-hydrogen) atoms. The molecule has 1 fully saturated rings. The molecule has 0 radical (unpaired) electrons. The van der Waals surface area contributed by atoms with Crippen molar-refractivity contribution in [2.75, 3.05) is 19.6 Å². The molecular weight excluding hydrogens is 240 g/mol. The average Bonchev–Trinajstić information content (AvgIpc) is 2.16. The Hall–Kier alpha value is -0.770. The highest BCUT2D eigenvalue weighted by Crippen LogP contribution is 2.15. The molecule has 0 aromatic rings. The fourth-order valence-electron chi connectivity index (χ4n) is 2.07. The molecular formula is C15H30N2O2. The van der Waals surface area contributed by atoms with Crippen LogP contribution in [0.3, 0.4) is 0 Å². The lowest BCUT2D eigenvalue weighted by Crippen LogP contribution is -2.60. The zero-order valence-corrected chi connectivity index (χ0v) is 13.2. The molecule has 1 saturated heterocycles. The van der Waals surface area contributed by atoms with E-state index >= 15 is 0 Å². The summed E-state index contributed by atoms with van der Waals surface area (Å²) >= 11 is 0. The van der Waals surface area contributed by atoms with Crippen LogP contribution < -0.4 is 5.32 Å². The van der Waals surface area contributed by atoms with Crippen molar-refractivity contribution in [3.8, 4) is 0 Å². The molecule has 1 aliphatic heterocycles. The standard InChI is InChI=1S/C15H30N2O2/c1-12(2)8-6-7-9-16-13-10-17(11-13)14(18)19-15(3,4)5/h12-13,16H,6-11H2,1-5H3. The second-order valence-corrected chi connectivity index (χ2v) is 6.93. The van der Waals surface area contributed by atoms with Crippen LogP contribution in [-0.4, -0.2) is 42.3 Å². The van der Waals surface area contributed by atoms with E-state index in [2.05, 4.69) is 19.2 Å². The topological polar surface area (TPSA) is 41.6 Å². The van der Waals surface area contributed by atoms with Gasteiger partial charge >= 0.3 is 6.09 Å². The second-order valence-electron chi connectivity index (χ2n) is 6.93. The van der Waals surface area contributed by atoms with E-state index in [0.29, 0.717) is 6.04 Å². The fraction of sp³-hybridized carbons (Fsp3) is 0.933. The Morgan fingerprint density at radius 1 is 1.32 bits per heavy atom. The third kappa shape index (κ3) is 6.81. The summed E-state index contributed by atoms with van der Waals surface area (Å²) in [4.78, 5) is 13.5. The Bertz CT molecular complexity index is 278. The van der Waals surface area contributed by atoms with Gasteiger partial charge in [0.05, 0.1) is 0 Å². The number of likely N-dealkylation sites (tertiary alicyclic amines) is 1. The smallest absolute Gasteiger partial charge is 0.410 e. The van der Waals surface area contributed by atoms with Crippen molar-refractivity contribution < 1.29 is 9.53 Å². The predicted octanol–water partition coefficient (Wildman–Crippen LogP) is 3.02. The molecule has 1 heterocycles. The summed E-state index contributed by atoms with van der Waals surface area (Å²) in [7, 11) is 0. The first-order valence-electron chi connectivity index (χ1n) is 7.49. The van der Waals surface area contributed by atoms with Crippen LogP contribution in [0.15, 0.2) is 0 Å². The van der Waals surface area contributed by atoms with E-state index in [4.69, 9.17) is 4.74 Å². The van der Waals surface area contributed by atoms with Crippen molar-refractivity contribution in [1.29, 1.82) is 0 Å². The first-order valence-corrected chi connectivity index (χ1v) is 7.49. The number of carbonyl (C=O) groups excluding carboxylic acids is 1. The number of nitrogens with one attached hydrogen (secondary N) is 1. The van der Waals surface area contributed by atoms with E-state index in [9.17, 15) is 4.79 Å². The van der Waals surface area contributed by atoms with Crippen molar-refractivity contribution in [3.05, 3.63) is 0 Å². The number of ether oxygens (including phenoxy) is 1. The Morgan fingerprint density at radius 3 is 2.47 bits per heavy atom. The molecule has 0 unspecified atom stereocenters. The van der Waals surface area contributed by atoms with Gasteiger partial charge < -0.3 is 15.0 Å². The number of amides is 1. The number of rotatable bonds is 6. The zero-order valence-electron chi connectivity index (χ0n) is 13.2. The number of hydrogen-bond acceptors (Lipinski definition) is 3. The minimum atomic E-state index is -0.396. The van der Waals surface area contributed by atoms with Crippen LogP contribution in [0, 0.1) is 5.92 Å². The summed E-state index contributed by atoms with van der Waals surface area (Å²) in [6.45, 7) is 12.8. The quantitative estimate of drug-likeness (QED) is 0.754. The van der Waals surface area contributed by atoms with E-state index in [1.807, 2.05) is 20.8 Å². The summed E-state index contributed by atoms with van der Waals surface area (Å²) < 4.78 is 5.32. The molecule has 0 saturated carbocycles. The normalized spacial score (nSPS) is 16.6. The second kappa shape index (κ2) is 7.13. The van der Waals surface area contributed by atoms with E-state index in [-0.39, 0.29) is 6.09 Å². The average molecular weight is 270 g/mol. The minimum absolute atomic E-state index is 0.189. The summed E-state index contributed by atoms with van der Waals surface area (Å²) in [6, 6.07) is 0.451. The Balaban J connectivity index is 2.02. The molecule has 0 atom stereocenters. The molecule has 1 aliphatic rings.